The first-order chi connectivity index (χ1) is 15.6. The minimum absolute atomic E-state index is 0.00446. The van der Waals surface area contributed by atoms with Crippen LogP contribution in [0.2, 0.25) is 0 Å². The molecule has 3 fully saturated rings. The molecule has 174 valence electrons. The fraction of sp³-hybridized carbons (Fsp3) is 0.667. The molecule has 4 N–H and O–H groups in total. The maximum atomic E-state index is 12.4. The first kappa shape index (κ1) is 21.5. The lowest BCUT2D eigenvalue weighted by Gasteiger charge is -2.37. The Morgan fingerprint density at radius 2 is 1.94 bits per heavy atom. The van der Waals surface area contributed by atoms with Gasteiger partial charge in [0.25, 0.3) is 0 Å². The van der Waals surface area contributed by atoms with E-state index in [1.807, 2.05) is 18.2 Å². The highest BCUT2D eigenvalue weighted by atomic mass is 16.6. The second-order valence-corrected chi connectivity index (χ2v) is 9.69. The zero-order valence-corrected chi connectivity index (χ0v) is 18.3. The zero-order chi connectivity index (χ0) is 22.1. The van der Waals surface area contributed by atoms with Crippen LogP contribution in [-0.2, 0) is 9.53 Å². The first-order valence-electron chi connectivity index (χ1n) is 12.0. The van der Waals surface area contributed by atoms with Crippen LogP contribution in [0.15, 0.2) is 18.2 Å². The van der Waals surface area contributed by atoms with Crippen molar-refractivity contribution < 1.29 is 24.2 Å². The smallest absolute Gasteiger partial charge is 0.319 e. The lowest BCUT2D eigenvalue weighted by atomic mass is 9.84. The third-order valence-electron chi connectivity index (χ3n) is 7.15. The molecule has 0 bridgehead atoms. The van der Waals surface area contributed by atoms with Crippen molar-refractivity contribution in [1.29, 1.82) is 0 Å². The van der Waals surface area contributed by atoms with Gasteiger partial charge in [-0.3, -0.25) is 4.79 Å². The predicted molar refractivity (Wildman–Crippen MR) is 119 cm³/mol. The van der Waals surface area contributed by atoms with E-state index in [1.165, 1.54) is 12.8 Å². The number of aliphatic hydroxyl groups is 1. The number of ether oxygens (including phenoxy) is 2. The fourth-order valence-corrected chi connectivity index (χ4v) is 5.25. The van der Waals surface area contributed by atoms with Crippen molar-refractivity contribution in [1.82, 2.24) is 10.6 Å². The average Bonchev–Trinajstić information content (AvgIpc) is 3.35. The van der Waals surface area contributed by atoms with Gasteiger partial charge in [-0.25, -0.2) is 4.79 Å². The molecule has 4 aliphatic rings. The van der Waals surface area contributed by atoms with Crippen LogP contribution in [0.1, 0.15) is 62.8 Å². The number of aliphatic hydroxyl groups excluding tert-OH is 1. The molecular formula is C24H33N3O5. The number of rotatable bonds is 7. The van der Waals surface area contributed by atoms with Gasteiger partial charge in [0.05, 0.1) is 19.1 Å². The monoisotopic (exact) mass is 443 g/mol. The zero-order valence-electron chi connectivity index (χ0n) is 18.3. The number of urea groups is 1. The van der Waals surface area contributed by atoms with Crippen molar-refractivity contribution >= 4 is 17.6 Å². The third-order valence-corrected chi connectivity index (χ3v) is 7.15. The molecule has 2 heterocycles. The molecular weight excluding hydrogens is 410 g/mol. The summed E-state index contributed by atoms with van der Waals surface area (Å²) in [5, 5.41) is 18.9. The summed E-state index contributed by atoms with van der Waals surface area (Å²) in [7, 11) is 0. The van der Waals surface area contributed by atoms with Gasteiger partial charge >= 0.3 is 6.03 Å². The number of anilines is 1. The first-order valence-corrected chi connectivity index (χ1v) is 12.0. The summed E-state index contributed by atoms with van der Waals surface area (Å²) in [5.41, 5.74) is 1.72. The second kappa shape index (κ2) is 9.27. The lowest BCUT2D eigenvalue weighted by molar-refractivity contribution is -0.142. The van der Waals surface area contributed by atoms with Gasteiger partial charge in [-0.2, -0.15) is 0 Å². The molecule has 8 nitrogen and oxygen atoms in total. The van der Waals surface area contributed by atoms with E-state index in [9.17, 15) is 14.7 Å². The van der Waals surface area contributed by atoms with E-state index in [2.05, 4.69) is 16.0 Å². The predicted octanol–water partition coefficient (Wildman–Crippen LogP) is 2.66. The van der Waals surface area contributed by atoms with Crippen LogP contribution in [0.4, 0.5) is 10.5 Å². The van der Waals surface area contributed by atoms with Crippen LogP contribution in [0.3, 0.4) is 0 Å². The highest BCUT2D eigenvalue weighted by Gasteiger charge is 2.46. The van der Waals surface area contributed by atoms with Gasteiger partial charge in [-0.15, -0.1) is 0 Å². The van der Waals surface area contributed by atoms with Crippen LogP contribution in [0.25, 0.3) is 0 Å². The molecule has 1 aromatic rings. The minimum atomic E-state index is -0.482. The Kier molecular flexibility index (Phi) is 6.24. The molecule has 2 saturated carbocycles. The molecule has 3 amide bonds. The normalized spacial score (nSPS) is 29.0. The Bertz CT molecular complexity index is 852. The standard InChI is InChI=1S/C24H33N3O5/c28-13-21-23-19(10-17(31-21)11-22(29)25-12-14-5-6-14)18-9-16(7-8-20(18)32-23)27-24(30)26-15-3-1-2-4-15/h7-9,14-15,17,19,21,23,28H,1-6,10-13H2,(H,25,29)(H2,26,27,30)/t17-,19-,21+,23+/m0/s1. The largest absolute Gasteiger partial charge is 0.487 e. The second-order valence-electron chi connectivity index (χ2n) is 9.69. The van der Waals surface area contributed by atoms with Crippen molar-refractivity contribution in [2.75, 3.05) is 18.5 Å². The van der Waals surface area contributed by atoms with Crippen molar-refractivity contribution in [3.8, 4) is 5.75 Å². The van der Waals surface area contributed by atoms with Crippen LogP contribution in [0.5, 0.6) is 5.75 Å². The summed E-state index contributed by atoms with van der Waals surface area (Å²) >= 11 is 0. The average molecular weight is 444 g/mol. The highest BCUT2D eigenvalue weighted by molar-refractivity contribution is 5.89. The van der Waals surface area contributed by atoms with Gasteiger partial charge in [0.2, 0.25) is 5.91 Å². The summed E-state index contributed by atoms with van der Waals surface area (Å²) in [4.78, 5) is 24.7. The summed E-state index contributed by atoms with van der Waals surface area (Å²) in [5.74, 6) is 1.39. The fourth-order valence-electron chi connectivity index (χ4n) is 5.25. The highest BCUT2D eigenvalue weighted by Crippen LogP contribution is 2.47. The number of carbonyl (C=O) groups is 2. The Hall–Kier alpha value is -2.32. The Labute approximate surface area is 188 Å². The molecule has 2 aliphatic carbocycles. The van der Waals surface area contributed by atoms with Crippen molar-refractivity contribution in [2.45, 2.75) is 81.6 Å². The van der Waals surface area contributed by atoms with Crippen molar-refractivity contribution in [3.63, 3.8) is 0 Å². The van der Waals surface area contributed by atoms with Gasteiger partial charge in [0, 0.05) is 29.8 Å². The number of benzene rings is 1. The van der Waals surface area contributed by atoms with Gasteiger partial charge in [-0.05, 0) is 56.2 Å². The molecule has 4 atom stereocenters. The van der Waals surface area contributed by atoms with E-state index in [-0.39, 0.29) is 49.1 Å². The maximum Gasteiger partial charge on any atom is 0.319 e. The molecule has 0 aromatic heterocycles. The Morgan fingerprint density at radius 1 is 1.12 bits per heavy atom. The van der Waals surface area contributed by atoms with E-state index >= 15 is 0 Å². The van der Waals surface area contributed by atoms with Crippen LogP contribution in [-0.4, -0.2) is 54.6 Å². The van der Waals surface area contributed by atoms with Gasteiger partial charge < -0.3 is 30.5 Å². The Morgan fingerprint density at radius 3 is 2.69 bits per heavy atom. The molecule has 1 aromatic carbocycles. The molecule has 1 saturated heterocycles. The summed E-state index contributed by atoms with van der Waals surface area (Å²) in [6.45, 7) is 0.579. The molecule has 0 unspecified atom stereocenters. The summed E-state index contributed by atoms with van der Waals surface area (Å²) < 4.78 is 12.1. The molecule has 8 heteroatoms. The summed E-state index contributed by atoms with van der Waals surface area (Å²) in [6.07, 6.45) is 6.67. The van der Waals surface area contributed by atoms with Gasteiger partial charge in [0.15, 0.2) is 0 Å². The number of hydrogen-bond donors (Lipinski definition) is 4. The lowest BCUT2D eigenvalue weighted by Crippen LogP contribution is -2.47. The number of amides is 3. The quantitative estimate of drug-likeness (QED) is 0.518. The molecule has 0 radical (unpaired) electrons. The molecule has 5 rings (SSSR count). The Balaban J connectivity index is 1.24. The van der Waals surface area contributed by atoms with Gasteiger partial charge in [0.1, 0.15) is 18.0 Å². The minimum Gasteiger partial charge on any atom is -0.487 e. The SMILES string of the molecule is O=C(C[C@@H]1C[C@H]2c3cc(NC(=O)NC4CCCC4)ccc3O[C@H]2[C@@H](CO)O1)NCC1CC1. The molecule has 32 heavy (non-hydrogen) atoms. The third kappa shape index (κ3) is 4.86. The van der Waals surface area contributed by atoms with Gasteiger partial charge in [-0.1, -0.05) is 12.8 Å². The van der Waals surface area contributed by atoms with Crippen LogP contribution >= 0.6 is 0 Å². The van der Waals surface area contributed by atoms with E-state index in [0.29, 0.717) is 18.0 Å². The van der Waals surface area contributed by atoms with E-state index in [4.69, 9.17) is 9.47 Å². The number of hydrogen-bond acceptors (Lipinski definition) is 5. The topological polar surface area (TPSA) is 109 Å². The number of nitrogens with one attached hydrogen (secondary N) is 3. The maximum absolute atomic E-state index is 12.4. The molecule has 2 aliphatic heterocycles. The van der Waals surface area contributed by atoms with Crippen molar-refractivity contribution in [2.24, 2.45) is 5.92 Å². The van der Waals surface area contributed by atoms with Crippen LogP contribution < -0.4 is 20.7 Å². The van der Waals surface area contributed by atoms with E-state index in [0.717, 1.165) is 43.5 Å². The van der Waals surface area contributed by atoms with E-state index < -0.39 is 6.10 Å². The summed E-state index contributed by atoms with van der Waals surface area (Å²) in [6, 6.07) is 5.73. The number of carbonyl (C=O) groups excluding carboxylic acids is 2. The van der Waals surface area contributed by atoms with E-state index in [1.54, 1.807) is 0 Å². The van der Waals surface area contributed by atoms with Crippen LogP contribution in [0, 0.1) is 5.92 Å². The number of fused-ring (bicyclic) bond motifs is 3. The molecule has 0 spiro atoms. The van der Waals surface area contributed by atoms with Crippen molar-refractivity contribution in [3.05, 3.63) is 23.8 Å².